The highest BCUT2D eigenvalue weighted by Gasteiger charge is 2.21. The SMILES string of the molecule is Clc1cccc(C2CNc3cc(Cl)ccc3O2)c1. The van der Waals surface area contributed by atoms with Crippen LogP contribution in [-0.2, 0) is 0 Å². The number of rotatable bonds is 1. The Morgan fingerprint density at radius 2 is 1.89 bits per heavy atom. The van der Waals surface area contributed by atoms with Crippen molar-refractivity contribution in [2.45, 2.75) is 6.10 Å². The number of hydrogen-bond donors (Lipinski definition) is 1. The van der Waals surface area contributed by atoms with Crippen LogP contribution in [0.25, 0.3) is 0 Å². The van der Waals surface area contributed by atoms with Gasteiger partial charge < -0.3 is 10.1 Å². The maximum Gasteiger partial charge on any atom is 0.143 e. The third-order valence-corrected chi connectivity index (χ3v) is 3.38. The number of anilines is 1. The van der Waals surface area contributed by atoms with Gasteiger partial charge >= 0.3 is 0 Å². The molecular weight excluding hydrogens is 269 g/mol. The summed E-state index contributed by atoms with van der Waals surface area (Å²) >= 11 is 11.9. The molecule has 1 atom stereocenters. The first kappa shape index (κ1) is 11.7. The lowest BCUT2D eigenvalue weighted by molar-refractivity contribution is 0.210. The van der Waals surface area contributed by atoms with Gasteiger partial charge in [0.25, 0.3) is 0 Å². The Balaban J connectivity index is 1.89. The van der Waals surface area contributed by atoms with Crippen molar-refractivity contribution >= 4 is 28.9 Å². The molecule has 0 aromatic heterocycles. The summed E-state index contributed by atoms with van der Waals surface area (Å²) in [4.78, 5) is 0. The predicted molar refractivity (Wildman–Crippen MR) is 74.8 cm³/mol. The average molecular weight is 280 g/mol. The van der Waals surface area contributed by atoms with Gasteiger partial charge in [-0.3, -0.25) is 0 Å². The minimum absolute atomic E-state index is 0.0302. The molecule has 0 bridgehead atoms. The summed E-state index contributed by atoms with van der Waals surface area (Å²) < 4.78 is 5.95. The third-order valence-electron chi connectivity index (χ3n) is 2.91. The number of ether oxygens (including phenoxy) is 1. The first-order valence-corrected chi connectivity index (χ1v) is 6.43. The molecule has 2 nitrogen and oxygen atoms in total. The van der Waals surface area contributed by atoms with Crippen LogP contribution >= 0.6 is 23.2 Å². The first-order chi connectivity index (χ1) is 8.72. The topological polar surface area (TPSA) is 21.3 Å². The van der Waals surface area contributed by atoms with Crippen LogP contribution < -0.4 is 10.1 Å². The van der Waals surface area contributed by atoms with Gasteiger partial charge in [0.15, 0.2) is 0 Å². The molecule has 3 rings (SSSR count). The zero-order valence-corrected chi connectivity index (χ0v) is 11.0. The zero-order chi connectivity index (χ0) is 12.5. The molecule has 1 N–H and O–H groups in total. The molecule has 0 saturated heterocycles. The van der Waals surface area contributed by atoms with E-state index >= 15 is 0 Å². The van der Waals surface area contributed by atoms with Crippen molar-refractivity contribution in [3.8, 4) is 5.75 Å². The van der Waals surface area contributed by atoms with E-state index in [4.69, 9.17) is 27.9 Å². The smallest absolute Gasteiger partial charge is 0.143 e. The maximum atomic E-state index is 5.99. The molecular formula is C14H11Cl2NO. The van der Waals surface area contributed by atoms with Gasteiger partial charge in [0, 0.05) is 10.0 Å². The molecule has 2 aromatic rings. The molecule has 0 fully saturated rings. The minimum Gasteiger partial charge on any atom is -0.482 e. The van der Waals surface area contributed by atoms with E-state index in [1.807, 2.05) is 42.5 Å². The first-order valence-electron chi connectivity index (χ1n) is 5.68. The molecule has 0 radical (unpaired) electrons. The lowest BCUT2D eigenvalue weighted by atomic mass is 10.1. The van der Waals surface area contributed by atoms with E-state index in [0.29, 0.717) is 11.6 Å². The Hall–Kier alpha value is -1.38. The molecule has 0 amide bonds. The zero-order valence-electron chi connectivity index (χ0n) is 9.49. The summed E-state index contributed by atoms with van der Waals surface area (Å²) in [5.74, 6) is 0.815. The Morgan fingerprint density at radius 3 is 2.72 bits per heavy atom. The number of nitrogens with one attached hydrogen (secondary N) is 1. The molecule has 92 valence electrons. The van der Waals surface area contributed by atoms with Crippen LogP contribution in [0.5, 0.6) is 5.75 Å². The maximum absolute atomic E-state index is 5.99. The summed E-state index contributed by atoms with van der Waals surface area (Å²) in [6.07, 6.45) is -0.0302. The van der Waals surface area contributed by atoms with Crippen molar-refractivity contribution in [1.29, 1.82) is 0 Å². The fraction of sp³-hybridized carbons (Fsp3) is 0.143. The predicted octanol–water partition coefficient (Wildman–Crippen LogP) is 4.54. The molecule has 1 unspecified atom stereocenters. The normalized spacial score (nSPS) is 17.6. The lowest BCUT2D eigenvalue weighted by Crippen LogP contribution is -2.23. The summed E-state index contributed by atoms with van der Waals surface area (Å²) in [5.41, 5.74) is 2.00. The van der Waals surface area contributed by atoms with Crippen molar-refractivity contribution in [2.24, 2.45) is 0 Å². The van der Waals surface area contributed by atoms with Crippen LogP contribution in [0, 0.1) is 0 Å². The summed E-state index contributed by atoms with van der Waals surface area (Å²) in [5, 5.41) is 4.74. The second-order valence-corrected chi connectivity index (χ2v) is 5.06. The largest absolute Gasteiger partial charge is 0.482 e. The highest BCUT2D eigenvalue weighted by atomic mass is 35.5. The highest BCUT2D eigenvalue weighted by Crippen LogP contribution is 2.36. The van der Waals surface area contributed by atoms with Gasteiger partial charge in [-0.15, -0.1) is 0 Å². The minimum atomic E-state index is -0.0302. The van der Waals surface area contributed by atoms with Gasteiger partial charge in [0.2, 0.25) is 0 Å². The van der Waals surface area contributed by atoms with Crippen LogP contribution in [0.2, 0.25) is 10.0 Å². The van der Waals surface area contributed by atoms with Crippen LogP contribution in [0.3, 0.4) is 0 Å². The van der Waals surface area contributed by atoms with Gasteiger partial charge in [0.05, 0.1) is 12.2 Å². The molecule has 0 saturated carbocycles. The monoisotopic (exact) mass is 279 g/mol. The van der Waals surface area contributed by atoms with E-state index in [9.17, 15) is 0 Å². The molecule has 1 aliphatic rings. The molecule has 18 heavy (non-hydrogen) atoms. The van der Waals surface area contributed by atoms with Crippen molar-refractivity contribution in [1.82, 2.24) is 0 Å². The Bertz CT molecular complexity index is 586. The van der Waals surface area contributed by atoms with E-state index in [2.05, 4.69) is 5.32 Å². The van der Waals surface area contributed by atoms with E-state index in [-0.39, 0.29) is 6.10 Å². The molecule has 1 heterocycles. The Labute approximate surface area is 115 Å². The molecule has 2 aromatic carbocycles. The van der Waals surface area contributed by atoms with Crippen LogP contribution in [0.4, 0.5) is 5.69 Å². The summed E-state index contributed by atoms with van der Waals surface area (Å²) in [6.45, 7) is 0.702. The van der Waals surface area contributed by atoms with Crippen LogP contribution in [0.15, 0.2) is 42.5 Å². The van der Waals surface area contributed by atoms with Gasteiger partial charge in [0.1, 0.15) is 11.9 Å². The quantitative estimate of drug-likeness (QED) is 0.828. The van der Waals surface area contributed by atoms with Crippen LogP contribution in [-0.4, -0.2) is 6.54 Å². The van der Waals surface area contributed by atoms with Gasteiger partial charge in [-0.2, -0.15) is 0 Å². The number of benzene rings is 2. The number of halogens is 2. The fourth-order valence-corrected chi connectivity index (χ4v) is 2.40. The standard InChI is InChI=1S/C14H11Cl2NO/c15-10-3-1-2-9(6-10)14-8-17-12-7-11(16)4-5-13(12)18-14/h1-7,14,17H,8H2. The highest BCUT2D eigenvalue weighted by molar-refractivity contribution is 6.31. The van der Waals surface area contributed by atoms with Crippen LogP contribution in [0.1, 0.15) is 11.7 Å². The van der Waals surface area contributed by atoms with E-state index in [1.54, 1.807) is 0 Å². The van der Waals surface area contributed by atoms with Gasteiger partial charge in [-0.05, 0) is 35.9 Å². The third kappa shape index (κ3) is 2.26. The Morgan fingerprint density at radius 1 is 1.06 bits per heavy atom. The number of fused-ring (bicyclic) bond motifs is 1. The second-order valence-electron chi connectivity index (χ2n) is 4.18. The molecule has 1 aliphatic heterocycles. The molecule has 4 heteroatoms. The van der Waals surface area contributed by atoms with Gasteiger partial charge in [-0.1, -0.05) is 35.3 Å². The number of hydrogen-bond acceptors (Lipinski definition) is 2. The second kappa shape index (κ2) is 4.71. The van der Waals surface area contributed by atoms with E-state index in [0.717, 1.165) is 22.0 Å². The average Bonchev–Trinajstić information content (AvgIpc) is 2.38. The Kier molecular flexibility index (Phi) is 3.06. The summed E-state index contributed by atoms with van der Waals surface area (Å²) in [7, 11) is 0. The van der Waals surface area contributed by atoms with Gasteiger partial charge in [-0.25, -0.2) is 0 Å². The van der Waals surface area contributed by atoms with Crippen molar-refractivity contribution < 1.29 is 4.74 Å². The lowest BCUT2D eigenvalue weighted by Gasteiger charge is -2.27. The molecule has 0 aliphatic carbocycles. The van der Waals surface area contributed by atoms with E-state index < -0.39 is 0 Å². The van der Waals surface area contributed by atoms with E-state index in [1.165, 1.54) is 0 Å². The van der Waals surface area contributed by atoms with Crippen molar-refractivity contribution in [3.63, 3.8) is 0 Å². The van der Waals surface area contributed by atoms with Crippen molar-refractivity contribution in [2.75, 3.05) is 11.9 Å². The fourth-order valence-electron chi connectivity index (χ4n) is 2.03. The van der Waals surface area contributed by atoms with Crippen molar-refractivity contribution in [3.05, 3.63) is 58.1 Å². The summed E-state index contributed by atoms with van der Waals surface area (Å²) in [6, 6.07) is 13.3. The molecule has 0 spiro atoms.